The number of aliphatic hydroxyl groups is 1. The number of hydrogen-bond acceptors (Lipinski definition) is 7. The Morgan fingerprint density at radius 2 is 2.12 bits per heavy atom. The van der Waals surface area contributed by atoms with Gasteiger partial charge in [0, 0.05) is 6.42 Å². The second-order valence-electron chi connectivity index (χ2n) is 6.50. The van der Waals surface area contributed by atoms with E-state index in [0.717, 1.165) is 0 Å². The van der Waals surface area contributed by atoms with Gasteiger partial charge in [-0.1, -0.05) is 6.92 Å². The van der Waals surface area contributed by atoms with E-state index < -0.39 is 24.2 Å². The largest absolute Gasteiger partial charge is 0.394 e. The number of imidazole rings is 1. The summed E-state index contributed by atoms with van der Waals surface area (Å²) in [5, 5.41) is 9.58. The molecule has 0 aliphatic carbocycles. The number of rotatable bonds is 3. The Morgan fingerprint density at radius 3 is 2.83 bits per heavy atom. The van der Waals surface area contributed by atoms with Crippen LogP contribution in [-0.4, -0.2) is 55.3 Å². The first-order chi connectivity index (χ1) is 11.4. The Labute approximate surface area is 137 Å². The zero-order valence-electron chi connectivity index (χ0n) is 13.7. The fourth-order valence-electron chi connectivity index (χ4n) is 3.36. The van der Waals surface area contributed by atoms with Gasteiger partial charge in [0.2, 0.25) is 0 Å². The van der Waals surface area contributed by atoms with E-state index in [9.17, 15) is 9.90 Å². The SMILES string of the molecule is CCc1nc2c(ncn2[C@@H]2O[C@H](CO)[C@H]3OC(C)(C)O[C@H]32)c(=O)[nH]1. The van der Waals surface area contributed by atoms with E-state index in [-0.39, 0.29) is 23.8 Å². The average Bonchev–Trinajstić information content (AvgIpc) is 3.17. The maximum Gasteiger partial charge on any atom is 0.279 e. The molecule has 0 spiro atoms. The summed E-state index contributed by atoms with van der Waals surface area (Å²) >= 11 is 0. The van der Waals surface area contributed by atoms with Crippen LogP contribution in [0.1, 0.15) is 32.8 Å². The number of aliphatic hydroxyl groups excluding tert-OH is 1. The highest BCUT2D eigenvalue weighted by Gasteiger charge is 2.55. The highest BCUT2D eigenvalue weighted by molar-refractivity contribution is 5.69. The van der Waals surface area contributed by atoms with Crippen molar-refractivity contribution in [3.63, 3.8) is 0 Å². The number of hydrogen-bond donors (Lipinski definition) is 2. The molecule has 2 aromatic heterocycles. The highest BCUT2D eigenvalue weighted by atomic mass is 16.8. The fourth-order valence-corrected chi connectivity index (χ4v) is 3.36. The van der Waals surface area contributed by atoms with Crippen LogP contribution in [0.25, 0.3) is 11.2 Å². The summed E-state index contributed by atoms with van der Waals surface area (Å²) in [6, 6.07) is 0. The molecule has 2 aromatic rings. The molecule has 0 unspecified atom stereocenters. The molecule has 2 fully saturated rings. The molecule has 0 amide bonds. The van der Waals surface area contributed by atoms with Crippen LogP contribution in [0.4, 0.5) is 0 Å². The summed E-state index contributed by atoms with van der Waals surface area (Å²) < 4.78 is 19.4. The van der Waals surface area contributed by atoms with Gasteiger partial charge in [-0.3, -0.25) is 9.36 Å². The number of nitrogens with one attached hydrogen (secondary N) is 1. The third-order valence-corrected chi connectivity index (χ3v) is 4.40. The van der Waals surface area contributed by atoms with E-state index in [0.29, 0.717) is 17.9 Å². The van der Waals surface area contributed by atoms with Gasteiger partial charge in [-0.15, -0.1) is 0 Å². The highest BCUT2D eigenvalue weighted by Crippen LogP contribution is 2.43. The lowest BCUT2D eigenvalue weighted by Crippen LogP contribution is -2.31. The van der Waals surface area contributed by atoms with Crippen LogP contribution in [0, 0.1) is 0 Å². The molecule has 0 bridgehead atoms. The Balaban J connectivity index is 1.80. The molecule has 4 heterocycles. The Hall–Kier alpha value is -1.81. The normalized spacial score (nSPS) is 31.7. The van der Waals surface area contributed by atoms with Gasteiger partial charge in [0.1, 0.15) is 24.1 Å². The topological polar surface area (TPSA) is 111 Å². The van der Waals surface area contributed by atoms with Crippen LogP contribution in [0.2, 0.25) is 0 Å². The molecule has 0 aromatic carbocycles. The van der Waals surface area contributed by atoms with Crippen molar-refractivity contribution in [2.24, 2.45) is 0 Å². The van der Waals surface area contributed by atoms with Crippen molar-refractivity contribution in [1.29, 1.82) is 0 Å². The number of H-pyrrole nitrogens is 1. The molecule has 4 atom stereocenters. The van der Waals surface area contributed by atoms with Crippen molar-refractivity contribution < 1.29 is 19.3 Å². The number of fused-ring (bicyclic) bond motifs is 2. The first-order valence-electron chi connectivity index (χ1n) is 8.01. The molecule has 2 aliphatic rings. The Morgan fingerprint density at radius 1 is 1.38 bits per heavy atom. The summed E-state index contributed by atoms with van der Waals surface area (Å²) in [7, 11) is 0. The van der Waals surface area contributed by atoms with Crippen LogP contribution in [0.5, 0.6) is 0 Å². The summed E-state index contributed by atoms with van der Waals surface area (Å²) in [5.41, 5.74) is 0.400. The number of nitrogens with zero attached hydrogens (tertiary/aromatic N) is 3. The summed E-state index contributed by atoms with van der Waals surface area (Å²) in [6.07, 6.45) is 0.230. The lowest BCUT2D eigenvalue weighted by atomic mass is 10.1. The van der Waals surface area contributed by atoms with Gasteiger partial charge >= 0.3 is 0 Å². The molecule has 0 radical (unpaired) electrons. The monoisotopic (exact) mass is 336 g/mol. The van der Waals surface area contributed by atoms with Crippen molar-refractivity contribution >= 4 is 11.2 Å². The van der Waals surface area contributed by atoms with Crippen molar-refractivity contribution in [2.75, 3.05) is 6.61 Å². The Bertz CT molecular complexity index is 829. The van der Waals surface area contributed by atoms with Gasteiger partial charge in [-0.2, -0.15) is 0 Å². The molecular formula is C15H20N4O5. The minimum atomic E-state index is -0.763. The number of aromatic nitrogens is 4. The molecule has 2 saturated heterocycles. The summed E-state index contributed by atoms with van der Waals surface area (Å²) in [5.74, 6) is -0.188. The predicted molar refractivity (Wildman–Crippen MR) is 82.3 cm³/mol. The minimum absolute atomic E-state index is 0.183. The smallest absolute Gasteiger partial charge is 0.279 e. The number of aromatic amines is 1. The standard InChI is InChI=1S/C15H20N4O5/c1-4-8-17-12-9(13(21)18-8)16-6-19(12)14-11-10(7(5-20)22-14)23-15(2,3)24-11/h6-7,10-11,14,20H,4-5H2,1-3H3,(H,17,18,21)/t7-,10-,11-,14-/m1/s1. The van der Waals surface area contributed by atoms with E-state index in [1.54, 1.807) is 4.57 Å². The number of ether oxygens (including phenoxy) is 3. The first kappa shape index (κ1) is 15.7. The third kappa shape index (κ3) is 2.27. The van der Waals surface area contributed by atoms with Gasteiger partial charge in [-0.05, 0) is 13.8 Å². The predicted octanol–water partition coefficient (Wildman–Crippen LogP) is 0.0918. The molecular weight excluding hydrogens is 316 g/mol. The summed E-state index contributed by atoms with van der Waals surface area (Å²) in [6.45, 7) is 5.37. The quantitative estimate of drug-likeness (QED) is 0.817. The Kier molecular flexibility index (Phi) is 3.50. The maximum absolute atomic E-state index is 12.1. The van der Waals surface area contributed by atoms with Gasteiger partial charge < -0.3 is 24.3 Å². The molecule has 2 N–H and O–H groups in total. The van der Waals surface area contributed by atoms with Gasteiger partial charge in [-0.25, -0.2) is 9.97 Å². The van der Waals surface area contributed by atoms with Gasteiger partial charge in [0.25, 0.3) is 5.56 Å². The second-order valence-corrected chi connectivity index (χ2v) is 6.50. The van der Waals surface area contributed by atoms with Crippen LogP contribution < -0.4 is 5.56 Å². The van der Waals surface area contributed by atoms with Crippen LogP contribution in [0.15, 0.2) is 11.1 Å². The fraction of sp³-hybridized carbons (Fsp3) is 0.667. The molecule has 4 rings (SSSR count). The molecule has 9 heteroatoms. The summed E-state index contributed by atoms with van der Waals surface area (Å²) in [4.78, 5) is 23.5. The third-order valence-electron chi connectivity index (χ3n) is 4.40. The zero-order chi connectivity index (χ0) is 17.1. The van der Waals surface area contributed by atoms with Crippen molar-refractivity contribution in [3.05, 3.63) is 22.5 Å². The van der Waals surface area contributed by atoms with E-state index in [1.165, 1.54) is 6.33 Å². The molecule has 2 aliphatic heterocycles. The zero-order valence-corrected chi connectivity index (χ0v) is 13.7. The van der Waals surface area contributed by atoms with Crippen LogP contribution in [0.3, 0.4) is 0 Å². The van der Waals surface area contributed by atoms with Crippen LogP contribution in [-0.2, 0) is 20.6 Å². The lowest BCUT2D eigenvalue weighted by molar-refractivity contribution is -0.199. The molecule has 0 saturated carbocycles. The van der Waals surface area contributed by atoms with Crippen molar-refractivity contribution in [2.45, 2.75) is 57.5 Å². The molecule has 24 heavy (non-hydrogen) atoms. The number of aryl methyl sites for hydroxylation is 1. The second kappa shape index (κ2) is 5.35. The van der Waals surface area contributed by atoms with Crippen molar-refractivity contribution in [3.8, 4) is 0 Å². The van der Waals surface area contributed by atoms with Gasteiger partial charge in [0.05, 0.1) is 12.9 Å². The average molecular weight is 336 g/mol. The first-order valence-corrected chi connectivity index (χ1v) is 8.01. The lowest BCUT2D eigenvalue weighted by Gasteiger charge is -2.24. The van der Waals surface area contributed by atoms with Gasteiger partial charge in [0.15, 0.2) is 23.2 Å². The van der Waals surface area contributed by atoms with E-state index >= 15 is 0 Å². The van der Waals surface area contributed by atoms with Crippen molar-refractivity contribution in [1.82, 2.24) is 19.5 Å². The van der Waals surface area contributed by atoms with Crippen LogP contribution >= 0.6 is 0 Å². The van der Waals surface area contributed by atoms with E-state index in [2.05, 4.69) is 15.0 Å². The van der Waals surface area contributed by atoms with E-state index in [1.807, 2.05) is 20.8 Å². The minimum Gasteiger partial charge on any atom is -0.394 e. The molecule has 9 nitrogen and oxygen atoms in total. The molecule has 130 valence electrons. The van der Waals surface area contributed by atoms with E-state index in [4.69, 9.17) is 14.2 Å². The maximum atomic E-state index is 12.1.